The molecule has 158 valence electrons. The smallest absolute Gasteiger partial charge is 0.260 e. The molecule has 2 heterocycles. The molecule has 0 radical (unpaired) electrons. The predicted octanol–water partition coefficient (Wildman–Crippen LogP) is 4.14. The highest BCUT2D eigenvalue weighted by atomic mass is 32.2. The molecule has 0 N–H and O–H groups in total. The summed E-state index contributed by atoms with van der Waals surface area (Å²) >= 11 is 3.46. The van der Waals surface area contributed by atoms with Crippen molar-refractivity contribution in [3.05, 3.63) is 42.5 Å². The number of hydrogen-bond acceptors (Lipinski definition) is 7. The zero-order valence-corrected chi connectivity index (χ0v) is 18.8. The van der Waals surface area contributed by atoms with Gasteiger partial charge in [-0.3, -0.25) is 4.79 Å². The van der Waals surface area contributed by atoms with Gasteiger partial charge in [0.05, 0.1) is 16.8 Å². The van der Waals surface area contributed by atoms with Gasteiger partial charge < -0.3 is 19.3 Å². The second-order valence-corrected chi connectivity index (χ2v) is 8.78. The van der Waals surface area contributed by atoms with Crippen LogP contribution in [0.15, 0.2) is 47.4 Å². The molecule has 0 atom stereocenters. The molecule has 2 aromatic carbocycles. The number of piperazine rings is 1. The van der Waals surface area contributed by atoms with E-state index in [1.54, 1.807) is 23.1 Å². The van der Waals surface area contributed by atoms with Gasteiger partial charge in [-0.05, 0) is 55.6 Å². The van der Waals surface area contributed by atoms with Crippen molar-refractivity contribution in [2.24, 2.45) is 0 Å². The molecule has 1 saturated heterocycles. The van der Waals surface area contributed by atoms with E-state index in [0.717, 1.165) is 29.5 Å². The lowest BCUT2D eigenvalue weighted by atomic mass is 10.3. The van der Waals surface area contributed by atoms with E-state index in [0.29, 0.717) is 25.4 Å². The van der Waals surface area contributed by atoms with Crippen LogP contribution in [0.5, 0.6) is 11.5 Å². The zero-order chi connectivity index (χ0) is 20.9. The first-order chi connectivity index (χ1) is 14.7. The van der Waals surface area contributed by atoms with Crippen LogP contribution in [0.2, 0.25) is 0 Å². The second kappa shape index (κ2) is 9.57. The van der Waals surface area contributed by atoms with Crippen LogP contribution in [-0.4, -0.2) is 61.4 Å². The van der Waals surface area contributed by atoms with Crippen LogP contribution in [0.25, 0.3) is 10.2 Å². The molecule has 0 unspecified atom stereocenters. The lowest BCUT2D eigenvalue weighted by Gasteiger charge is -2.34. The normalized spacial score (nSPS) is 14.2. The molecule has 30 heavy (non-hydrogen) atoms. The number of anilines is 1. The number of nitrogens with zero attached hydrogens (tertiary/aromatic N) is 3. The number of carbonyl (C=O) groups is 1. The summed E-state index contributed by atoms with van der Waals surface area (Å²) in [5.41, 5.74) is 1.04. The lowest BCUT2D eigenvalue weighted by Crippen LogP contribution is -2.50. The summed E-state index contributed by atoms with van der Waals surface area (Å²) in [7, 11) is 0. The van der Waals surface area contributed by atoms with Crippen LogP contribution >= 0.6 is 23.1 Å². The third kappa shape index (κ3) is 4.82. The molecule has 3 aromatic rings. The number of rotatable bonds is 7. The minimum Gasteiger partial charge on any atom is -0.494 e. The highest BCUT2D eigenvalue weighted by Crippen LogP contribution is 2.32. The first kappa shape index (κ1) is 20.8. The third-order valence-electron chi connectivity index (χ3n) is 4.98. The van der Waals surface area contributed by atoms with Crippen LogP contribution in [0.4, 0.5) is 5.13 Å². The van der Waals surface area contributed by atoms with E-state index < -0.39 is 0 Å². The molecule has 1 fully saturated rings. The number of benzene rings is 2. The molecule has 0 aliphatic carbocycles. The Morgan fingerprint density at radius 2 is 1.77 bits per heavy atom. The van der Waals surface area contributed by atoms with E-state index in [1.165, 1.54) is 9.60 Å². The minimum atomic E-state index is 0.0115. The van der Waals surface area contributed by atoms with Crippen LogP contribution in [0.1, 0.15) is 6.92 Å². The van der Waals surface area contributed by atoms with Crippen molar-refractivity contribution in [1.82, 2.24) is 9.88 Å². The quantitative estimate of drug-likeness (QED) is 0.512. The summed E-state index contributed by atoms with van der Waals surface area (Å²) in [5.74, 6) is 1.48. The molecular weight excluding hydrogens is 418 g/mol. The van der Waals surface area contributed by atoms with Crippen molar-refractivity contribution in [2.75, 3.05) is 50.5 Å². The molecule has 0 bridgehead atoms. The number of hydrogen-bond donors (Lipinski definition) is 0. The number of thiazole rings is 1. The fourth-order valence-electron chi connectivity index (χ4n) is 3.34. The molecule has 1 amide bonds. The molecule has 0 saturated carbocycles. The first-order valence-corrected chi connectivity index (χ1v) is 12.0. The number of aromatic nitrogens is 1. The summed E-state index contributed by atoms with van der Waals surface area (Å²) < 4.78 is 12.3. The maximum Gasteiger partial charge on any atom is 0.260 e. The number of fused-ring (bicyclic) bond motifs is 1. The Hall–Kier alpha value is -2.45. The van der Waals surface area contributed by atoms with E-state index in [1.807, 2.05) is 36.1 Å². The number of carbonyl (C=O) groups excluding carboxylic acids is 1. The standard InChI is InChI=1S/C22H25N3O3S2/c1-3-27-16-4-6-17(7-5-16)28-15-21(26)24-10-12-25(13-11-24)22-23-19-9-8-18(29-2)14-20(19)30-22/h4-9,14H,3,10-13,15H2,1-2H3. The van der Waals surface area contributed by atoms with Crippen LogP contribution in [-0.2, 0) is 4.79 Å². The molecule has 1 aromatic heterocycles. The third-order valence-corrected chi connectivity index (χ3v) is 6.79. The lowest BCUT2D eigenvalue weighted by molar-refractivity contribution is -0.133. The largest absolute Gasteiger partial charge is 0.494 e. The van der Waals surface area contributed by atoms with Gasteiger partial charge in [-0.1, -0.05) is 11.3 Å². The molecular formula is C22H25N3O3S2. The van der Waals surface area contributed by atoms with Crippen LogP contribution < -0.4 is 14.4 Å². The monoisotopic (exact) mass is 443 g/mol. The first-order valence-electron chi connectivity index (χ1n) is 9.99. The van der Waals surface area contributed by atoms with E-state index in [2.05, 4.69) is 29.4 Å². The van der Waals surface area contributed by atoms with Gasteiger partial charge >= 0.3 is 0 Å². The van der Waals surface area contributed by atoms with E-state index in [-0.39, 0.29) is 12.5 Å². The highest BCUT2D eigenvalue weighted by molar-refractivity contribution is 7.98. The summed E-state index contributed by atoms with van der Waals surface area (Å²) in [6.45, 7) is 5.54. The Bertz CT molecular complexity index is 999. The van der Waals surface area contributed by atoms with E-state index in [4.69, 9.17) is 14.5 Å². The Labute approximate surface area is 184 Å². The Kier molecular flexibility index (Phi) is 6.64. The zero-order valence-electron chi connectivity index (χ0n) is 17.2. The number of thioether (sulfide) groups is 1. The van der Waals surface area contributed by atoms with Gasteiger partial charge in [0.15, 0.2) is 11.7 Å². The Balaban J connectivity index is 1.29. The topological polar surface area (TPSA) is 54.9 Å². The highest BCUT2D eigenvalue weighted by Gasteiger charge is 2.23. The van der Waals surface area contributed by atoms with Crippen molar-refractivity contribution in [1.29, 1.82) is 0 Å². The Morgan fingerprint density at radius 3 is 2.43 bits per heavy atom. The SMILES string of the molecule is CCOc1ccc(OCC(=O)N2CCN(c3nc4ccc(SC)cc4s3)CC2)cc1. The summed E-state index contributed by atoms with van der Waals surface area (Å²) in [4.78, 5) is 22.7. The fourth-order valence-corrected chi connectivity index (χ4v) is 4.91. The van der Waals surface area contributed by atoms with Gasteiger partial charge in [0.2, 0.25) is 0 Å². The van der Waals surface area contributed by atoms with Crippen molar-refractivity contribution in [3.63, 3.8) is 0 Å². The van der Waals surface area contributed by atoms with Gasteiger partial charge in [-0.15, -0.1) is 11.8 Å². The van der Waals surface area contributed by atoms with E-state index >= 15 is 0 Å². The van der Waals surface area contributed by atoms with Gasteiger partial charge in [0, 0.05) is 31.1 Å². The molecule has 6 nitrogen and oxygen atoms in total. The van der Waals surface area contributed by atoms with E-state index in [9.17, 15) is 4.79 Å². The molecule has 0 spiro atoms. The van der Waals surface area contributed by atoms with Gasteiger partial charge in [-0.25, -0.2) is 4.98 Å². The van der Waals surface area contributed by atoms with Crippen molar-refractivity contribution < 1.29 is 14.3 Å². The van der Waals surface area contributed by atoms with Crippen molar-refractivity contribution in [2.45, 2.75) is 11.8 Å². The minimum absolute atomic E-state index is 0.0115. The molecule has 1 aliphatic rings. The van der Waals surface area contributed by atoms with Gasteiger partial charge in [0.1, 0.15) is 11.5 Å². The van der Waals surface area contributed by atoms with Crippen LogP contribution in [0, 0.1) is 0 Å². The summed E-state index contributed by atoms with van der Waals surface area (Å²) in [5, 5.41) is 1.03. The molecule has 8 heteroatoms. The average Bonchev–Trinajstić information content (AvgIpc) is 3.22. The molecule has 1 aliphatic heterocycles. The molecule has 4 rings (SSSR count). The van der Waals surface area contributed by atoms with Crippen molar-refractivity contribution in [3.8, 4) is 11.5 Å². The average molecular weight is 444 g/mol. The maximum atomic E-state index is 12.5. The summed E-state index contributed by atoms with van der Waals surface area (Å²) in [6, 6.07) is 13.7. The number of ether oxygens (including phenoxy) is 2. The van der Waals surface area contributed by atoms with Crippen molar-refractivity contribution >= 4 is 44.4 Å². The van der Waals surface area contributed by atoms with Crippen LogP contribution in [0.3, 0.4) is 0 Å². The predicted molar refractivity (Wildman–Crippen MR) is 123 cm³/mol. The number of amides is 1. The van der Waals surface area contributed by atoms with Gasteiger partial charge in [0.25, 0.3) is 5.91 Å². The summed E-state index contributed by atoms with van der Waals surface area (Å²) in [6.07, 6.45) is 2.08. The Morgan fingerprint density at radius 1 is 1.07 bits per heavy atom. The second-order valence-electron chi connectivity index (χ2n) is 6.89. The maximum absolute atomic E-state index is 12.5. The van der Waals surface area contributed by atoms with Gasteiger partial charge in [-0.2, -0.15) is 0 Å². The fraction of sp³-hybridized carbons (Fsp3) is 0.364.